The predicted octanol–water partition coefficient (Wildman–Crippen LogP) is 0.236. The van der Waals surface area contributed by atoms with Gasteiger partial charge in [0.05, 0.1) is 13.2 Å². The summed E-state index contributed by atoms with van der Waals surface area (Å²) in [4.78, 5) is 48.1. The van der Waals surface area contributed by atoms with E-state index in [1.165, 1.54) is 6.20 Å². The fraction of sp³-hybridized carbons (Fsp3) is 0.400. The Morgan fingerprint density at radius 3 is 2.50 bits per heavy atom. The number of carbonyl (C=O) groups is 2. The van der Waals surface area contributed by atoms with Crippen molar-refractivity contribution in [2.24, 2.45) is 0 Å². The number of benzene rings is 1. The Morgan fingerprint density at radius 2 is 1.80 bits per heavy atom. The molecule has 2 aromatic rings. The van der Waals surface area contributed by atoms with E-state index in [9.17, 15) is 19.2 Å². The summed E-state index contributed by atoms with van der Waals surface area (Å²) in [6.45, 7) is 4.29. The Balaban J connectivity index is 1.76. The minimum atomic E-state index is -0.771. The molecule has 10 heteroatoms. The number of hydrogen-bond donors (Lipinski definition) is 2. The van der Waals surface area contributed by atoms with Gasteiger partial charge in [-0.25, -0.2) is 4.79 Å². The van der Waals surface area contributed by atoms with Crippen LogP contribution in [0, 0.1) is 0 Å². The van der Waals surface area contributed by atoms with Gasteiger partial charge in [0.1, 0.15) is 6.54 Å². The molecule has 0 radical (unpaired) electrons. The standard InChI is InChI=1S/C20H25N3O7/c1-3-28-15-6-5-14(11-16(15)29-4-2)7-9-21-18(25)13-30-19(26)12-23-10-8-17(24)22-20(23)27/h5-6,8,10-11H,3-4,7,9,12-13H2,1-2H3,(H,21,25)(H,22,24,27). The second-order valence-corrected chi connectivity index (χ2v) is 6.15. The number of H-pyrrole nitrogens is 1. The average molecular weight is 419 g/mol. The van der Waals surface area contributed by atoms with Gasteiger partial charge in [0.2, 0.25) is 0 Å². The maximum Gasteiger partial charge on any atom is 0.328 e. The van der Waals surface area contributed by atoms with Crippen molar-refractivity contribution in [1.82, 2.24) is 14.9 Å². The first-order valence-corrected chi connectivity index (χ1v) is 9.53. The highest BCUT2D eigenvalue weighted by molar-refractivity contribution is 5.80. The molecule has 0 unspecified atom stereocenters. The number of hydrogen-bond acceptors (Lipinski definition) is 7. The molecule has 0 atom stereocenters. The van der Waals surface area contributed by atoms with Gasteiger partial charge in [0, 0.05) is 18.8 Å². The van der Waals surface area contributed by atoms with Crippen molar-refractivity contribution in [2.75, 3.05) is 26.4 Å². The molecule has 2 rings (SSSR count). The van der Waals surface area contributed by atoms with Crippen molar-refractivity contribution in [3.63, 3.8) is 0 Å². The third-order valence-corrected chi connectivity index (χ3v) is 3.90. The lowest BCUT2D eigenvalue weighted by Gasteiger charge is -2.12. The second kappa shape index (κ2) is 11.4. The summed E-state index contributed by atoms with van der Waals surface area (Å²) in [5, 5.41) is 2.66. The van der Waals surface area contributed by atoms with Crippen LogP contribution in [0.5, 0.6) is 11.5 Å². The maximum absolute atomic E-state index is 11.9. The predicted molar refractivity (Wildman–Crippen MR) is 108 cm³/mol. The zero-order valence-corrected chi connectivity index (χ0v) is 16.9. The van der Waals surface area contributed by atoms with Crippen LogP contribution in [-0.4, -0.2) is 47.8 Å². The smallest absolute Gasteiger partial charge is 0.328 e. The first kappa shape index (κ1) is 22.7. The third kappa shape index (κ3) is 7.12. The summed E-state index contributed by atoms with van der Waals surface area (Å²) in [7, 11) is 0. The first-order chi connectivity index (χ1) is 14.4. The van der Waals surface area contributed by atoms with Crippen molar-refractivity contribution >= 4 is 11.9 Å². The van der Waals surface area contributed by atoms with E-state index >= 15 is 0 Å². The van der Waals surface area contributed by atoms with E-state index in [1.807, 2.05) is 37.0 Å². The van der Waals surface area contributed by atoms with E-state index in [4.69, 9.17) is 14.2 Å². The molecule has 0 bridgehead atoms. The number of amides is 1. The molecule has 0 saturated carbocycles. The number of aromatic amines is 1. The summed E-state index contributed by atoms with van der Waals surface area (Å²) in [5.74, 6) is 0.0792. The SMILES string of the molecule is CCOc1ccc(CCNC(=O)COC(=O)Cn2ccc(=O)[nH]c2=O)cc1OCC. The number of esters is 1. The van der Waals surface area contributed by atoms with E-state index in [1.54, 1.807) is 0 Å². The molecule has 0 fully saturated rings. The molecule has 1 aromatic heterocycles. The molecule has 0 spiro atoms. The minimum Gasteiger partial charge on any atom is -0.490 e. The van der Waals surface area contributed by atoms with Crippen LogP contribution in [0.3, 0.4) is 0 Å². The summed E-state index contributed by atoms with van der Waals surface area (Å²) in [6, 6.07) is 6.69. The Hall–Kier alpha value is -3.56. The van der Waals surface area contributed by atoms with Gasteiger partial charge in [-0.05, 0) is 38.0 Å². The van der Waals surface area contributed by atoms with Crippen LogP contribution in [0.2, 0.25) is 0 Å². The number of ether oxygens (including phenoxy) is 3. The molecule has 1 aromatic carbocycles. The van der Waals surface area contributed by atoms with Gasteiger partial charge < -0.3 is 19.5 Å². The average Bonchev–Trinajstić information content (AvgIpc) is 2.71. The molecule has 162 valence electrons. The van der Waals surface area contributed by atoms with Crippen molar-refractivity contribution in [3.8, 4) is 11.5 Å². The van der Waals surface area contributed by atoms with Crippen LogP contribution in [0.4, 0.5) is 0 Å². The van der Waals surface area contributed by atoms with E-state index in [0.717, 1.165) is 16.2 Å². The van der Waals surface area contributed by atoms with E-state index in [0.29, 0.717) is 37.7 Å². The lowest BCUT2D eigenvalue weighted by atomic mass is 10.1. The highest BCUT2D eigenvalue weighted by Gasteiger charge is 2.10. The molecule has 30 heavy (non-hydrogen) atoms. The molecule has 1 amide bonds. The van der Waals surface area contributed by atoms with Gasteiger partial charge in [0.25, 0.3) is 11.5 Å². The normalized spacial score (nSPS) is 10.3. The minimum absolute atomic E-state index is 0.343. The summed E-state index contributed by atoms with van der Waals surface area (Å²) in [6.07, 6.45) is 1.73. The Morgan fingerprint density at radius 1 is 1.07 bits per heavy atom. The summed E-state index contributed by atoms with van der Waals surface area (Å²) >= 11 is 0. The Labute approximate surface area is 172 Å². The Bertz CT molecular complexity index is 981. The maximum atomic E-state index is 11.9. The van der Waals surface area contributed by atoms with Gasteiger partial charge in [-0.3, -0.25) is 23.9 Å². The molecule has 0 aliphatic rings. The van der Waals surface area contributed by atoms with Crippen LogP contribution in [0.15, 0.2) is 40.1 Å². The van der Waals surface area contributed by atoms with Crippen LogP contribution in [0.1, 0.15) is 19.4 Å². The molecular weight excluding hydrogens is 394 g/mol. The molecule has 10 nitrogen and oxygen atoms in total. The number of nitrogens with zero attached hydrogens (tertiary/aromatic N) is 1. The molecule has 0 saturated heterocycles. The molecule has 0 aliphatic carbocycles. The zero-order valence-electron chi connectivity index (χ0n) is 16.9. The van der Waals surface area contributed by atoms with Gasteiger partial charge in [0.15, 0.2) is 18.1 Å². The fourth-order valence-corrected chi connectivity index (χ4v) is 2.55. The van der Waals surface area contributed by atoms with Gasteiger partial charge in [-0.2, -0.15) is 0 Å². The summed E-state index contributed by atoms with van der Waals surface area (Å²) < 4.78 is 16.9. The zero-order chi connectivity index (χ0) is 21.9. The van der Waals surface area contributed by atoms with Crippen LogP contribution >= 0.6 is 0 Å². The Kier molecular flexibility index (Phi) is 8.67. The van der Waals surface area contributed by atoms with Gasteiger partial charge >= 0.3 is 11.7 Å². The highest BCUT2D eigenvalue weighted by atomic mass is 16.5. The lowest BCUT2D eigenvalue weighted by molar-refractivity contribution is -0.149. The second-order valence-electron chi connectivity index (χ2n) is 6.15. The third-order valence-electron chi connectivity index (χ3n) is 3.90. The van der Waals surface area contributed by atoms with Gasteiger partial charge in [-0.1, -0.05) is 6.07 Å². The lowest BCUT2D eigenvalue weighted by Crippen LogP contribution is -2.34. The molecular formula is C20H25N3O7. The monoisotopic (exact) mass is 419 g/mol. The van der Waals surface area contributed by atoms with Crippen molar-refractivity contribution in [3.05, 3.63) is 56.9 Å². The number of rotatable bonds is 11. The number of nitrogens with one attached hydrogen (secondary N) is 2. The number of aromatic nitrogens is 2. The van der Waals surface area contributed by atoms with Crippen LogP contribution < -0.4 is 26.0 Å². The van der Waals surface area contributed by atoms with Gasteiger partial charge in [-0.15, -0.1) is 0 Å². The molecule has 2 N–H and O–H groups in total. The topological polar surface area (TPSA) is 129 Å². The van der Waals surface area contributed by atoms with Crippen LogP contribution in [0.25, 0.3) is 0 Å². The number of carbonyl (C=O) groups excluding carboxylic acids is 2. The van der Waals surface area contributed by atoms with Crippen molar-refractivity contribution in [1.29, 1.82) is 0 Å². The first-order valence-electron chi connectivity index (χ1n) is 9.53. The van der Waals surface area contributed by atoms with Crippen molar-refractivity contribution < 1.29 is 23.8 Å². The largest absolute Gasteiger partial charge is 0.490 e. The van der Waals surface area contributed by atoms with Crippen molar-refractivity contribution in [2.45, 2.75) is 26.8 Å². The van der Waals surface area contributed by atoms with E-state index in [2.05, 4.69) is 5.32 Å². The highest BCUT2D eigenvalue weighted by Crippen LogP contribution is 2.28. The quantitative estimate of drug-likeness (QED) is 0.499. The summed E-state index contributed by atoms with van der Waals surface area (Å²) in [5.41, 5.74) is -0.341. The fourth-order valence-electron chi connectivity index (χ4n) is 2.55. The molecule has 1 heterocycles. The molecule has 0 aliphatic heterocycles. The van der Waals surface area contributed by atoms with E-state index in [-0.39, 0.29) is 0 Å². The van der Waals surface area contributed by atoms with E-state index < -0.39 is 36.3 Å². The van der Waals surface area contributed by atoms with Crippen LogP contribution in [-0.2, 0) is 27.3 Å².